The summed E-state index contributed by atoms with van der Waals surface area (Å²) in [5.74, 6) is -1.56. The van der Waals surface area contributed by atoms with Crippen LogP contribution in [0.2, 0.25) is 0 Å². The zero-order valence-electron chi connectivity index (χ0n) is 9.84. The van der Waals surface area contributed by atoms with Crippen molar-refractivity contribution in [3.8, 4) is 5.75 Å². The van der Waals surface area contributed by atoms with Crippen LogP contribution in [0.25, 0.3) is 0 Å². The molecule has 104 valence electrons. The third kappa shape index (κ3) is 2.88. The van der Waals surface area contributed by atoms with Crippen LogP contribution in [0.3, 0.4) is 0 Å². The predicted octanol–water partition coefficient (Wildman–Crippen LogP) is 2.16. The molecular weight excluding hydrogens is 268 g/mol. The van der Waals surface area contributed by atoms with Crippen molar-refractivity contribution in [3.05, 3.63) is 17.9 Å². The Morgan fingerprint density at radius 1 is 1.42 bits per heavy atom. The molecule has 0 saturated heterocycles. The van der Waals surface area contributed by atoms with Crippen molar-refractivity contribution in [1.29, 1.82) is 0 Å². The van der Waals surface area contributed by atoms with Gasteiger partial charge < -0.3 is 15.0 Å². The molecule has 0 radical (unpaired) electrons. The van der Waals surface area contributed by atoms with Gasteiger partial charge in [0.15, 0.2) is 11.6 Å². The lowest BCUT2D eigenvalue weighted by atomic mass is 10.1. The largest absolute Gasteiger partial charge is 0.494 e. The molecule has 1 aromatic carbocycles. The van der Waals surface area contributed by atoms with E-state index in [1.165, 1.54) is 7.11 Å². The van der Waals surface area contributed by atoms with Crippen LogP contribution in [-0.4, -0.2) is 32.3 Å². The topological polar surface area (TPSA) is 41.6 Å². The SMILES string of the molecule is COc1cc2c(cc1F)NC(=O)CN2CC(F)(F)F. The van der Waals surface area contributed by atoms with Crippen molar-refractivity contribution in [1.82, 2.24) is 0 Å². The van der Waals surface area contributed by atoms with Gasteiger partial charge in [-0.2, -0.15) is 13.2 Å². The normalized spacial score (nSPS) is 15.0. The minimum Gasteiger partial charge on any atom is -0.494 e. The van der Waals surface area contributed by atoms with Gasteiger partial charge in [-0.1, -0.05) is 0 Å². The van der Waals surface area contributed by atoms with Gasteiger partial charge in [0.2, 0.25) is 5.91 Å². The molecule has 1 heterocycles. The number of halogens is 4. The molecule has 0 spiro atoms. The number of nitrogens with zero attached hydrogens (tertiary/aromatic N) is 1. The third-order valence-corrected chi connectivity index (χ3v) is 2.59. The zero-order valence-corrected chi connectivity index (χ0v) is 9.84. The maximum Gasteiger partial charge on any atom is 0.405 e. The van der Waals surface area contributed by atoms with E-state index in [-0.39, 0.29) is 17.1 Å². The fourth-order valence-corrected chi connectivity index (χ4v) is 1.87. The Morgan fingerprint density at radius 3 is 2.68 bits per heavy atom. The highest BCUT2D eigenvalue weighted by atomic mass is 19.4. The maximum absolute atomic E-state index is 13.5. The zero-order chi connectivity index (χ0) is 14.2. The van der Waals surface area contributed by atoms with Crippen molar-refractivity contribution < 1.29 is 27.1 Å². The van der Waals surface area contributed by atoms with E-state index < -0.39 is 31.0 Å². The van der Waals surface area contributed by atoms with E-state index >= 15 is 0 Å². The first-order valence-electron chi connectivity index (χ1n) is 5.29. The monoisotopic (exact) mass is 278 g/mol. The molecule has 0 saturated carbocycles. The Balaban J connectivity index is 2.43. The minimum absolute atomic E-state index is 0.00111. The average Bonchev–Trinajstić information content (AvgIpc) is 2.25. The van der Waals surface area contributed by atoms with Crippen LogP contribution < -0.4 is 15.0 Å². The number of benzene rings is 1. The van der Waals surface area contributed by atoms with E-state index in [1.807, 2.05) is 0 Å². The van der Waals surface area contributed by atoms with Crippen LogP contribution >= 0.6 is 0 Å². The quantitative estimate of drug-likeness (QED) is 0.843. The summed E-state index contributed by atoms with van der Waals surface area (Å²) in [5.41, 5.74) is 0.0778. The Hall–Kier alpha value is -1.99. The fourth-order valence-electron chi connectivity index (χ4n) is 1.87. The molecule has 0 bridgehead atoms. The van der Waals surface area contributed by atoms with E-state index in [9.17, 15) is 22.4 Å². The van der Waals surface area contributed by atoms with Gasteiger partial charge >= 0.3 is 6.18 Å². The Morgan fingerprint density at radius 2 is 2.11 bits per heavy atom. The highest BCUT2D eigenvalue weighted by Crippen LogP contribution is 2.36. The first-order valence-corrected chi connectivity index (χ1v) is 5.29. The molecule has 0 fully saturated rings. The average molecular weight is 278 g/mol. The molecule has 1 aliphatic heterocycles. The number of anilines is 2. The number of hydrogen-bond acceptors (Lipinski definition) is 3. The Kier molecular flexibility index (Phi) is 3.25. The summed E-state index contributed by atoms with van der Waals surface area (Å²) in [7, 11) is 1.21. The molecule has 2 rings (SSSR count). The fraction of sp³-hybridized carbons (Fsp3) is 0.364. The summed E-state index contributed by atoms with van der Waals surface area (Å²) in [6.45, 7) is -1.73. The number of fused-ring (bicyclic) bond motifs is 1. The lowest BCUT2D eigenvalue weighted by molar-refractivity contribution is -0.122. The summed E-state index contributed by atoms with van der Waals surface area (Å²) in [4.78, 5) is 12.1. The number of ether oxygens (including phenoxy) is 1. The standard InChI is InChI=1S/C11H10F4N2O2/c1-19-9-3-8-7(2-6(9)12)16-10(18)4-17(8)5-11(13,14)15/h2-3H,4-5H2,1H3,(H,16,18). The number of methoxy groups -OCH3 is 1. The van der Waals surface area contributed by atoms with Gasteiger partial charge in [0.05, 0.1) is 25.0 Å². The molecule has 19 heavy (non-hydrogen) atoms. The molecule has 0 atom stereocenters. The maximum atomic E-state index is 13.5. The predicted molar refractivity (Wildman–Crippen MR) is 59.8 cm³/mol. The Bertz CT molecular complexity index is 516. The molecule has 1 N–H and O–H groups in total. The summed E-state index contributed by atoms with van der Waals surface area (Å²) >= 11 is 0. The molecule has 1 aromatic rings. The van der Waals surface area contributed by atoms with Gasteiger partial charge in [0, 0.05) is 12.1 Å². The van der Waals surface area contributed by atoms with Crippen LogP contribution in [0.5, 0.6) is 5.75 Å². The number of carbonyl (C=O) groups is 1. The van der Waals surface area contributed by atoms with Gasteiger partial charge in [-0.3, -0.25) is 4.79 Å². The van der Waals surface area contributed by atoms with Crippen LogP contribution in [0, 0.1) is 5.82 Å². The molecule has 0 aromatic heterocycles. The number of rotatable bonds is 2. The minimum atomic E-state index is -4.46. The number of nitrogens with one attached hydrogen (secondary N) is 1. The van der Waals surface area contributed by atoms with Gasteiger partial charge in [0.25, 0.3) is 0 Å². The van der Waals surface area contributed by atoms with E-state index in [0.717, 1.165) is 17.0 Å². The lowest BCUT2D eigenvalue weighted by Gasteiger charge is -2.31. The highest BCUT2D eigenvalue weighted by Gasteiger charge is 2.35. The lowest BCUT2D eigenvalue weighted by Crippen LogP contribution is -2.43. The van der Waals surface area contributed by atoms with Gasteiger partial charge in [-0.15, -0.1) is 0 Å². The van der Waals surface area contributed by atoms with Gasteiger partial charge in [-0.05, 0) is 0 Å². The van der Waals surface area contributed by atoms with Crippen LogP contribution in [0.4, 0.5) is 28.9 Å². The summed E-state index contributed by atoms with van der Waals surface area (Å²) in [6, 6.07) is 2.07. The smallest absolute Gasteiger partial charge is 0.405 e. The van der Waals surface area contributed by atoms with E-state index in [2.05, 4.69) is 5.32 Å². The van der Waals surface area contributed by atoms with Crippen LogP contribution in [0.1, 0.15) is 0 Å². The Labute approximate surface area is 105 Å². The van der Waals surface area contributed by atoms with Crippen molar-refractivity contribution in [2.45, 2.75) is 6.18 Å². The third-order valence-electron chi connectivity index (χ3n) is 2.59. The first kappa shape index (κ1) is 13.4. The summed E-state index contributed by atoms with van der Waals surface area (Å²) in [6.07, 6.45) is -4.46. The van der Waals surface area contributed by atoms with Crippen LogP contribution in [-0.2, 0) is 4.79 Å². The van der Waals surface area contributed by atoms with Crippen molar-refractivity contribution in [2.75, 3.05) is 30.4 Å². The van der Waals surface area contributed by atoms with Crippen LogP contribution in [0.15, 0.2) is 12.1 Å². The molecular formula is C11H10F4N2O2. The molecule has 0 aliphatic carbocycles. The van der Waals surface area contributed by atoms with Crippen molar-refractivity contribution in [2.24, 2.45) is 0 Å². The number of alkyl halides is 3. The van der Waals surface area contributed by atoms with Gasteiger partial charge in [-0.25, -0.2) is 4.39 Å². The molecule has 4 nitrogen and oxygen atoms in total. The second-order valence-electron chi connectivity index (χ2n) is 4.02. The molecule has 8 heteroatoms. The van der Waals surface area contributed by atoms with E-state index in [1.54, 1.807) is 0 Å². The molecule has 0 unspecified atom stereocenters. The summed E-state index contributed by atoms with van der Waals surface area (Å²) in [5, 5.41) is 2.32. The second-order valence-corrected chi connectivity index (χ2v) is 4.02. The van der Waals surface area contributed by atoms with E-state index in [0.29, 0.717) is 0 Å². The molecule has 1 aliphatic rings. The van der Waals surface area contributed by atoms with E-state index in [4.69, 9.17) is 4.74 Å². The summed E-state index contributed by atoms with van der Waals surface area (Å²) < 4.78 is 55.5. The highest BCUT2D eigenvalue weighted by molar-refractivity contribution is 6.01. The van der Waals surface area contributed by atoms with Crippen molar-refractivity contribution >= 4 is 17.3 Å². The van der Waals surface area contributed by atoms with Crippen molar-refractivity contribution in [3.63, 3.8) is 0 Å². The van der Waals surface area contributed by atoms with Gasteiger partial charge in [0.1, 0.15) is 6.54 Å². The first-order chi connectivity index (χ1) is 8.80. The number of hydrogen-bond donors (Lipinski definition) is 1. The number of amides is 1. The second kappa shape index (κ2) is 4.60. The number of carbonyl (C=O) groups excluding carboxylic acids is 1. The molecule has 1 amide bonds.